The molecule has 0 unspecified atom stereocenters. The molecule has 1 amide bonds. The SMILES string of the molecule is CSc1c(C)cc(-c2cn(CNC(C)=O)oc2=O)cc1C. The van der Waals surface area contributed by atoms with Gasteiger partial charge in [0.05, 0.1) is 11.8 Å². The molecule has 6 heteroatoms. The lowest BCUT2D eigenvalue weighted by Crippen LogP contribution is -2.22. The average Bonchev–Trinajstić information content (AvgIpc) is 2.77. The zero-order valence-corrected chi connectivity index (χ0v) is 13.3. The van der Waals surface area contributed by atoms with E-state index in [0.29, 0.717) is 5.56 Å². The molecule has 1 aromatic heterocycles. The van der Waals surface area contributed by atoms with E-state index < -0.39 is 5.63 Å². The van der Waals surface area contributed by atoms with Crippen LogP contribution in [0.5, 0.6) is 0 Å². The summed E-state index contributed by atoms with van der Waals surface area (Å²) in [6.07, 6.45) is 3.65. The van der Waals surface area contributed by atoms with Crippen LogP contribution < -0.4 is 10.9 Å². The first kappa shape index (κ1) is 15.4. The Morgan fingerprint density at radius 1 is 1.33 bits per heavy atom. The molecule has 0 atom stereocenters. The maximum absolute atomic E-state index is 12.0. The number of rotatable bonds is 4. The van der Waals surface area contributed by atoms with Crippen molar-refractivity contribution in [3.63, 3.8) is 0 Å². The van der Waals surface area contributed by atoms with Crippen LogP contribution in [0.4, 0.5) is 0 Å². The van der Waals surface area contributed by atoms with Gasteiger partial charge in [-0.25, -0.2) is 4.79 Å². The summed E-state index contributed by atoms with van der Waals surface area (Å²) >= 11 is 1.69. The normalized spacial score (nSPS) is 10.7. The molecule has 1 heterocycles. The first-order valence-corrected chi connectivity index (χ1v) is 7.75. The van der Waals surface area contributed by atoms with Crippen LogP contribution in [0.15, 0.2) is 32.5 Å². The predicted molar refractivity (Wildman–Crippen MR) is 83.5 cm³/mol. The molecule has 0 spiro atoms. The third-order valence-corrected chi connectivity index (χ3v) is 4.20. The molecule has 5 nitrogen and oxygen atoms in total. The molecule has 0 saturated heterocycles. The molecule has 112 valence electrons. The van der Waals surface area contributed by atoms with Gasteiger partial charge >= 0.3 is 5.63 Å². The van der Waals surface area contributed by atoms with Crippen LogP contribution in [0.1, 0.15) is 18.1 Å². The van der Waals surface area contributed by atoms with Crippen LogP contribution in [-0.2, 0) is 11.5 Å². The fourth-order valence-corrected chi connectivity index (χ4v) is 3.03. The molecule has 2 rings (SSSR count). The van der Waals surface area contributed by atoms with Gasteiger partial charge in [-0.3, -0.25) is 4.79 Å². The number of carbonyl (C=O) groups excluding carboxylic acids is 1. The molecule has 0 aliphatic rings. The highest BCUT2D eigenvalue weighted by Gasteiger charge is 2.12. The molecule has 0 fully saturated rings. The summed E-state index contributed by atoms with van der Waals surface area (Å²) in [6.45, 7) is 5.61. The van der Waals surface area contributed by atoms with Crippen molar-refractivity contribution < 1.29 is 9.32 Å². The summed E-state index contributed by atoms with van der Waals surface area (Å²) in [5, 5.41) is 2.58. The zero-order chi connectivity index (χ0) is 15.6. The van der Waals surface area contributed by atoms with Crippen molar-refractivity contribution in [2.75, 3.05) is 6.26 Å². The van der Waals surface area contributed by atoms with E-state index >= 15 is 0 Å². The van der Waals surface area contributed by atoms with Crippen molar-refractivity contribution in [3.05, 3.63) is 39.9 Å². The summed E-state index contributed by atoms with van der Waals surface area (Å²) < 4.78 is 6.42. The first-order chi connectivity index (χ1) is 9.92. The van der Waals surface area contributed by atoms with E-state index in [1.54, 1.807) is 18.0 Å². The van der Waals surface area contributed by atoms with Crippen LogP contribution in [0.25, 0.3) is 11.1 Å². The van der Waals surface area contributed by atoms with E-state index in [2.05, 4.69) is 5.32 Å². The van der Waals surface area contributed by atoms with Gasteiger partial charge in [-0.2, -0.15) is 4.74 Å². The number of hydrogen-bond donors (Lipinski definition) is 1. The minimum absolute atomic E-state index is 0.144. The number of aromatic nitrogens is 1. The third-order valence-electron chi connectivity index (χ3n) is 3.15. The molecule has 0 aliphatic heterocycles. The molecule has 1 N–H and O–H groups in total. The van der Waals surface area contributed by atoms with E-state index in [-0.39, 0.29) is 12.6 Å². The van der Waals surface area contributed by atoms with Crippen molar-refractivity contribution in [3.8, 4) is 11.1 Å². The fraction of sp³-hybridized carbons (Fsp3) is 0.333. The van der Waals surface area contributed by atoms with Crippen LogP contribution >= 0.6 is 11.8 Å². The van der Waals surface area contributed by atoms with Crippen molar-refractivity contribution in [2.45, 2.75) is 32.3 Å². The quantitative estimate of drug-likeness (QED) is 0.882. The minimum atomic E-state index is -0.406. The Bertz CT molecular complexity index is 708. The molecule has 0 radical (unpaired) electrons. The number of aryl methyl sites for hydroxylation is 2. The smallest absolute Gasteiger partial charge is 0.336 e. The van der Waals surface area contributed by atoms with Gasteiger partial charge in [-0.05, 0) is 48.9 Å². The van der Waals surface area contributed by atoms with Gasteiger partial charge in [-0.1, -0.05) is 0 Å². The van der Waals surface area contributed by atoms with Gasteiger partial charge in [0.25, 0.3) is 0 Å². The Labute approximate surface area is 127 Å². The van der Waals surface area contributed by atoms with E-state index in [0.717, 1.165) is 16.7 Å². The molecule has 0 saturated carbocycles. The van der Waals surface area contributed by atoms with E-state index in [9.17, 15) is 9.59 Å². The van der Waals surface area contributed by atoms with E-state index in [1.807, 2.05) is 32.2 Å². The molecule has 0 bridgehead atoms. The fourth-order valence-electron chi connectivity index (χ4n) is 2.27. The Kier molecular flexibility index (Phi) is 4.57. The highest BCUT2D eigenvalue weighted by molar-refractivity contribution is 7.98. The topological polar surface area (TPSA) is 64.2 Å². The maximum atomic E-state index is 12.0. The second kappa shape index (κ2) is 6.22. The number of nitrogens with zero attached hydrogens (tertiary/aromatic N) is 1. The highest BCUT2D eigenvalue weighted by atomic mass is 32.2. The Hall–Kier alpha value is -1.95. The second-order valence-corrected chi connectivity index (χ2v) is 5.69. The third kappa shape index (κ3) is 3.39. The van der Waals surface area contributed by atoms with Crippen LogP contribution in [0.3, 0.4) is 0 Å². The van der Waals surface area contributed by atoms with Gasteiger partial charge in [0.15, 0.2) is 0 Å². The summed E-state index contributed by atoms with van der Waals surface area (Å²) in [4.78, 5) is 24.1. The lowest BCUT2D eigenvalue weighted by Gasteiger charge is -2.08. The second-order valence-electron chi connectivity index (χ2n) is 4.87. The largest absolute Gasteiger partial charge is 0.365 e. The van der Waals surface area contributed by atoms with Gasteiger partial charge in [0.2, 0.25) is 5.91 Å². The highest BCUT2D eigenvalue weighted by Crippen LogP contribution is 2.29. The van der Waals surface area contributed by atoms with Gasteiger partial charge in [0, 0.05) is 11.8 Å². The standard InChI is InChI=1S/C15H18N2O3S/c1-9-5-12(6-10(2)14(9)21-4)13-7-17(20-15(13)19)8-16-11(3)18/h5-7H,8H2,1-4H3,(H,16,18). The molecule has 0 aliphatic carbocycles. The Balaban J connectivity index is 2.38. The Morgan fingerprint density at radius 3 is 2.48 bits per heavy atom. The number of nitrogens with one attached hydrogen (secondary N) is 1. The molecule has 21 heavy (non-hydrogen) atoms. The number of hydrogen-bond acceptors (Lipinski definition) is 4. The summed E-state index contributed by atoms with van der Waals surface area (Å²) in [6, 6.07) is 3.96. The van der Waals surface area contributed by atoms with Crippen molar-refractivity contribution >= 4 is 17.7 Å². The van der Waals surface area contributed by atoms with Crippen LogP contribution in [0.2, 0.25) is 0 Å². The number of benzene rings is 1. The Morgan fingerprint density at radius 2 is 1.95 bits per heavy atom. The van der Waals surface area contributed by atoms with Crippen LogP contribution in [-0.4, -0.2) is 16.9 Å². The monoisotopic (exact) mass is 306 g/mol. The van der Waals surface area contributed by atoms with E-state index in [1.165, 1.54) is 16.6 Å². The van der Waals surface area contributed by atoms with E-state index in [4.69, 9.17) is 4.52 Å². The minimum Gasteiger partial charge on any atom is -0.336 e. The molecular weight excluding hydrogens is 288 g/mol. The van der Waals surface area contributed by atoms with Gasteiger partial charge in [0.1, 0.15) is 6.67 Å². The first-order valence-electron chi connectivity index (χ1n) is 6.53. The lowest BCUT2D eigenvalue weighted by molar-refractivity contribution is -0.119. The maximum Gasteiger partial charge on any atom is 0.365 e. The number of amides is 1. The summed E-state index contributed by atoms with van der Waals surface area (Å²) in [5.41, 5.74) is 3.19. The molecular formula is C15H18N2O3S. The molecule has 2 aromatic rings. The summed E-state index contributed by atoms with van der Waals surface area (Å²) in [7, 11) is 0. The van der Waals surface area contributed by atoms with Crippen LogP contribution in [0, 0.1) is 13.8 Å². The lowest BCUT2D eigenvalue weighted by atomic mass is 10.0. The van der Waals surface area contributed by atoms with Gasteiger partial charge in [-0.15, -0.1) is 11.8 Å². The van der Waals surface area contributed by atoms with Crippen molar-refractivity contribution in [2.24, 2.45) is 0 Å². The van der Waals surface area contributed by atoms with Gasteiger partial charge < -0.3 is 9.84 Å². The zero-order valence-electron chi connectivity index (χ0n) is 12.5. The number of carbonyl (C=O) groups is 1. The summed E-state index contributed by atoms with van der Waals surface area (Å²) in [5.74, 6) is -0.177. The average molecular weight is 306 g/mol. The molecule has 1 aromatic carbocycles. The number of thioether (sulfide) groups is 1. The van der Waals surface area contributed by atoms with Crippen molar-refractivity contribution in [1.29, 1.82) is 0 Å². The predicted octanol–water partition coefficient (Wildman–Crippen LogP) is 2.54. The van der Waals surface area contributed by atoms with Crippen molar-refractivity contribution in [1.82, 2.24) is 10.1 Å².